The van der Waals surface area contributed by atoms with Gasteiger partial charge in [-0.05, 0) is 42.2 Å². The quantitative estimate of drug-likeness (QED) is 0.534. The van der Waals surface area contributed by atoms with Crippen molar-refractivity contribution in [1.29, 1.82) is 0 Å². The lowest BCUT2D eigenvalue weighted by Gasteiger charge is -2.34. The van der Waals surface area contributed by atoms with Gasteiger partial charge in [-0.25, -0.2) is 9.50 Å². The van der Waals surface area contributed by atoms with E-state index in [1.54, 1.807) is 34.2 Å². The van der Waals surface area contributed by atoms with Gasteiger partial charge >= 0.3 is 0 Å². The Morgan fingerprint density at radius 1 is 1.16 bits per heavy atom. The summed E-state index contributed by atoms with van der Waals surface area (Å²) in [4.78, 5) is 37.8. The first-order chi connectivity index (χ1) is 15.6. The monoisotopic (exact) mass is 424 g/mol. The Balaban J connectivity index is 1.51. The van der Waals surface area contributed by atoms with Gasteiger partial charge in [0.05, 0.1) is 12.2 Å². The summed E-state index contributed by atoms with van der Waals surface area (Å²) in [6.45, 7) is 2.36. The Hall–Kier alpha value is -4.07. The van der Waals surface area contributed by atoms with E-state index in [9.17, 15) is 9.59 Å². The SMILES string of the molecule is Cc1cnc2c(C(=O)N3CCC4(C(=O)Nc5ccccc54)C3c3cccnc3)cnn2c1. The highest BCUT2D eigenvalue weighted by Gasteiger charge is 2.59. The minimum Gasteiger partial charge on any atom is -0.330 e. The highest BCUT2D eigenvalue weighted by molar-refractivity contribution is 6.08. The molecule has 1 aromatic carbocycles. The summed E-state index contributed by atoms with van der Waals surface area (Å²) in [5, 5.41) is 7.36. The van der Waals surface area contributed by atoms with Gasteiger partial charge in [-0.3, -0.25) is 14.6 Å². The number of carbonyl (C=O) groups is 2. The number of nitrogens with one attached hydrogen (secondary N) is 1. The molecule has 2 aliphatic heterocycles. The van der Waals surface area contributed by atoms with E-state index in [-0.39, 0.29) is 11.8 Å². The van der Waals surface area contributed by atoms with Crippen molar-refractivity contribution in [2.75, 3.05) is 11.9 Å². The number of para-hydroxylation sites is 1. The van der Waals surface area contributed by atoms with Crippen LogP contribution in [0.5, 0.6) is 0 Å². The third kappa shape index (κ3) is 2.46. The molecule has 2 amide bonds. The van der Waals surface area contributed by atoms with Crippen molar-refractivity contribution in [3.05, 3.63) is 89.6 Å². The molecule has 32 heavy (non-hydrogen) atoms. The minimum atomic E-state index is -0.873. The van der Waals surface area contributed by atoms with Crippen LogP contribution in [0.2, 0.25) is 0 Å². The molecule has 8 nitrogen and oxygen atoms in total. The lowest BCUT2D eigenvalue weighted by molar-refractivity contribution is -0.121. The van der Waals surface area contributed by atoms with Crippen molar-refractivity contribution < 1.29 is 9.59 Å². The van der Waals surface area contributed by atoms with Crippen molar-refractivity contribution in [3.8, 4) is 0 Å². The number of aromatic nitrogens is 4. The van der Waals surface area contributed by atoms with Crippen molar-refractivity contribution in [2.45, 2.75) is 24.8 Å². The van der Waals surface area contributed by atoms with Crippen LogP contribution in [-0.4, -0.2) is 42.8 Å². The number of likely N-dealkylation sites (tertiary alicyclic amines) is 1. The van der Waals surface area contributed by atoms with Gasteiger partial charge in [0, 0.05) is 37.0 Å². The molecular formula is C24H20N6O2. The molecule has 3 aromatic heterocycles. The molecule has 0 aliphatic carbocycles. The molecule has 0 saturated carbocycles. The fourth-order valence-electron chi connectivity index (χ4n) is 5.18. The normalized spacial score (nSPS) is 21.8. The molecule has 158 valence electrons. The fraction of sp³-hybridized carbons (Fsp3) is 0.208. The maximum atomic E-state index is 13.8. The summed E-state index contributed by atoms with van der Waals surface area (Å²) in [7, 11) is 0. The summed E-state index contributed by atoms with van der Waals surface area (Å²) in [6, 6.07) is 11.0. The zero-order valence-electron chi connectivity index (χ0n) is 17.4. The van der Waals surface area contributed by atoms with Crippen LogP contribution in [0.3, 0.4) is 0 Å². The maximum absolute atomic E-state index is 13.8. The van der Waals surface area contributed by atoms with Gasteiger partial charge < -0.3 is 10.2 Å². The Kier molecular flexibility index (Phi) is 3.92. The van der Waals surface area contributed by atoms with Crippen LogP contribution in [0, 0.1) is 6.92 Å². The van der Waals surface area contributed by atoms with E-state index >= 15 is 0 Å². The summed E-state index contributed by atoms with van der Waals surface area (Å²) in [6.07, 6.45) is 9.06. The molecule has 2 atom stereocenters. The number of rotatable bonds is 2. The Morgan fingerprint density at radius 2 is 2.03 bits per heavy atom. The number of nitrogens with zero attached hydrogens (tertiary/aromatic N) is 5. The lowest BCUT2D eigenvalue weighted by atomic mass is 9.73. The van der Waals surface area contributed by atoms with Crippen LogP contribution < -0.4 is 5.32 Å². The van der Waals surface area contributed by atoms with E-state index in [0.717, 1.165) is 22.4 Å². The van der Waals surface area contributed by atoms with E-state index in [1.807, 2.05) is 49.5 Å². The van der Waals surface area contributed by atoms with Crippen LogP contribution in [0.4, 0.5) is 5.69 Å². The standard InChI is InChI=1S/C24H20N6O2/c1-15-11-26-21-17(13-27-30(21)14-15)22(31)29-10-8-24(20(29)16-5-4-9-25-12-16)18-6-2-3-7-19(18)28-23(24)32/h2-7,9,11-14,20H,8,10H2,1H3,(H,28,32). The summed E-state index contributed by atoms with van der Waals surface area (Å²) < 4.78 is 1.62. The number of hydrogen-bond acceptors (Lipinski definition) is 5. The number of anilines is 1. The van der Waals surface area contributed by atoms with Crippen LogP contribution in [0.1, 0.15) is 39.5 Å². The Morgan fingerprint density at radius 3 is 2.88 bits per heavy atom. The van der Waals surface area contributed by atoms with Gasteiger partial charge in [0.25, 0.3) is 5.91 Å². The number of carbonyl (C=O) groups excluding carboxylic acids is 2. The van der Waals surface area contributed by atoms with Crippen molar-refractivity contribution >= 4 is 23.1 Å². The van der Waals surface area contributed by atoms with Crippen molar-refractivity contribution in [3.63, 3.8) is 0 Å². The summed E-state index contributed by atoms with van der Waals surface area (Å²) in [5.41, 5.74) is 3.54. The molecule has 1 saturated heterocycles. The molecular weight excluding hydrogens is 404 g/mol. The van der Waals surface area contributed by atoms with Crippen LogP contribution in [-0.2, 0) is 10.2 Å². The minimum absolute atomic E-state index is 0.0866. The van der Waals surface area contributed by atoms with E-state index in [4.69, 9.17) is 0 Å². The molecule has 4 aromatic rings. The summed E-state index contributed by atoms with van der Waals surface area (Å²) >= 11 is 0. The average Bonchev–Trinajstić information content (AvgIpc) is 3.49. The molecule has 2 unspecified atom stereocenters. The molecule has 1 spiro atoms. The zero-order chi connectivity index (χ0) is 21.9. The largest absolute Gasteiger partial charge is 0.330 e. The number of hydrogen-bond donors (Lipinski definition) is 1. The molecule has 1 fully saturated rings. The van der Waals surface area contributed by atoms with Gasteiger partial charge in [0.2, 0.25) is 5.91 Å². The highest BCUT2D eigenvalue weighted by atomic mass is 16.2. The number of aryl methyl sites for hydroxylation is 1. The van der Waals surface area contributed by atoms with Crippen molar-refractivity contribution in [1.82, 2.24) is 24.5 Å². The Labute approximate surface area is 183 Å². The average molecular weight is 424 g/mol. The molecule has 0 bridgehead atoms. The molecule has 5 heterocycles. The molecule has 8 heteroatoms. The van der Waals surface area contributed by atoms with Crippen LogP contribution >= 0.6 is 0 Å². The zero-order valence-corrected chi connectivity index (χ0v) is 17.4. The van der Waals surface area contributed by atoms with Gasteiger partial charge in [0.15, 0.2) is 5.65 Å². The molecule has 6 rings (SSSR count). The first-order valence-electron chi connectivity index (χ1n) is 10.5. The lowest BCUT2D eigenvalue weighted by Crippen LogP contribution is -2.42. The second kappa shape index (κ2) is 6.71. The predicted molar refractivity (Wildman–Crippen MR) is 117 cm³/mol. The summed E-state index contributed by atoms with van der Waals surface area (Å²) in [5.74, 6) is -0.282. The molecule has 2 aliphatic rings. The van der Waals surface area contributed by atoms with E-state index in [0.29, 0.717) is 24.2 Å². The second-order valence-corrected chi connectivity index (χ2v) is 8.37. The molecule has 0 radical (unpaired) electrons. The first-order valence-corrected chi connectivity index (χ1v) is 10.5. The third-order valence-corrected chi connectivity index (χ3v) is 6.56. The number of amides is 2. The van der Waals surface area contributed by atoms with Crippen LogP contribution in [0.25, 0.3) is 5.65 Å². The van der Waals surface area contributed by atoms with E-state index in [1.165, 1.54) is 0 Å². The smallest absolute Gasteiger partial charge is 0.259 e. The Bertz CT molecular complexity index is 1380. The number of benzene rings is 1. The maximum Gasteiger partial charge on any atom is 0.259 e. The topological polar surface area (TPSA) is 92.5 Å². The predicted octanol–water partition coefficient (Wildman–Crippen LogP) is 2.91. The van der Waals surface area contributed by atoms with Gasteiger partial charge in [-0.15, -0.1) is 0 Å². The first kappa shape index (κ1) is 18.7. The molecule has 1 N–H and O–H groups in total. The van der Waals surface area contributed by atoms with Gasteiger partial charge in [-0.1, -0.05) is 24.3 Å². The second-order valence-electron chi connectivity index (χ2n) is 8.37. The van der Waals surface area contributed by atoms with Gasteiger partial charge in [0.1, 0.15) is 11.0 Å². The number of pyridine rings is 1. The highest BCUT2D eigenvalue weighted by Crippen LogP contribution is 2.54. The van der Waals surface area contributed by atoms with Gasteiger partial charge in [-0.2, -0.15) is 5.10 Å². The van der Waals surface area contributed by atoms with E-state index in [2.05, 4.69) is 20.4 Å². The van der Waals surface area contributed by atoms with Crippen LogP contribution in [0.15, 0.2) is 67.4 Å². The third-order valence-electron chi connectivity index (χ3n) is 6.56. The number of fused-ring (bicyclic) bond motifs is 3. The van der Waals surface area contributed by atoms with Crippen molar-refractivity contribution in [2.24, 2.45) is 0 Å². The van der Waals surface area contributed by atoms with E-state index < -0.39 is 11.5 Å². The fourth-order valence-corrected chi connectivity index (χ4v) is 5.18.